The van der Waals surface area contributed by atoms with Crippen LogP contribution in [0.5, 0.6) is 0 Å². The Kier molecular flexibility index (Phi) is 3.33. The molecule has 3 heteroatoms. The molecule has 0 saturated carbocycles. The molecule has 0 radical (unpaired) electrons. The predicted octanol–water partition coefficient (Wildman–Crippen LogP) is 0.440. The summed E-state index contributed by atoms with van der Waals surface area (Å²) in [6.45, 7) is 8.00. The molecule has 13 heavy (non-hydrogen) atoms. The monoisotopic (exact) mass is 186 g/mol. The number of β-amino-alcohol motifs (C(OH)–C–C–N with tert-alkyl or cyclic N) is 1. The second kappa shape index (κ2) is 3.95. The maximum atomic E-state index is 10.3. The lowest BCUT2D eigenvalue weighted by molar-refractivity contribution is 0.0189. The smallest absolute Gasteiger partial charge is 0.0938 e. The number of likely N-dealkylation sites (tertiary alicyclic amines) is 1. The molecule has 78 valence electrons. The topological polar surface area (TPSA) is 35.5 Å². The summed E-state index contributed by atoms with van der Waals surface area (Å²) in [5.41, 5.74) is -0.538. The number of rotatable bonds is 3. The number of hydrogen-bond acceptors (Lipinski definition) is 3. The van der Waals surface area contributed by atoms with E-state index in [0.29, 0.717) is 6.04 Å². The maximum Gasteiger partial charge on any atom is 0.0938 e. The first kappa shape index (κ1) is 11.0. The Morgan fingerprint density at radius 3 is 2.69 bits per heavy atom. The lowest BCUT2D eigenvalue weighted by atomic mass is 9.93. The number of likely N-dealkylation sites (N-methyl/N-ethyl adjacent to an activating group) is 2. The highest BCUT2D eigenvalue weighted by molar-refractivity contribution is 4.99. The summed E-state index contributed by atoms with van der Waals surface area (Å²) in [6, 6.07) is 0.677. The number of nitrogens with zero attached hydrogens (tertiary/aromatic N) is 1. The van der Waals surface area contributed by atoms with E-state index in [1.165, 1.54) is 0 Å². The fourth-order valence-corrected chi connectivity index (χ4v) is 2.13. The van der Waals surface area contributed by atoms with Crippen LogP contribution >= 0.6 is 0 Å². The highest BCUT2D eigenvalue weighted by Gasteiger charge is 2.42. The first-order valence-electron chi connectivity index (χ1n) is 5.15. The number of aliphatic hydroxyl groups is 1. The molecule has 0 aliphatic carbocycles. The van der Waals surface area contributed by atoms with Gasteiger partial charge in [-0.1, -0.05) is 6.92 Å². The van der Waals surface area contributed by atoms with Gasteiger partial charge in [-0.25, -0.2) is 0 Å². The van der Waals surface area contributed by atoms with Crippen LogP contribution in [-0.4, -0.2) is 47.8 Å². The SMILES string of the molecule is CCNC(C)C1(O)CC(C)N(C)C1. The number of hydrogen-bond donors (Lipinski definition) is 2. The van der Waals surface area contributed by atoms with Crippen molar-refractivity contribution >= 4 is 0 Å². The molecule has 2 N–H and O–H groups in total. The molecule has 1 aliphatic heterocycles. The molecule has 1 saturated heterocycles. The Labute approximate surface area is 81.1 Å². The standard InChI is InChI=1S/C10H22N2O/c1-5-11-9(3)10(13)6-8(2)12(4)7-10/h8-9,11,13H,5-7H2,1-4H3. The van der Waals surface area contributed by atoms with E-state index in [4.69, 9.17) is 0 Å². The van der Waals surface area contributed by atoms with Crippen molar-refractivity contribution in [2.45, 2.75) is 44.9 Å². The third kappa shape index (κ3) is 2.22. The largest absolute Gasteiger partial charge is 0.387 e. The Morgan fingerprint density at radius 2 is 2.31 bits per heavy atom. The molecule has 0 aromatic heterocycles. The third-order valence-corrected chi connectivity index (χ3v) is 3.24. The van der Waals surface area contributed by atoms with Gasteiger partial charge in [-0.05, 0) is 33.9 Å². The molecule has 3 unspecified atom stereocenters. The van der Waals surface area contributed by atoms with Crippen molar-refractivity contribution < 1.29 is 5.11 Å². The van der Waals surface area contributed by atoms with E-state index in [9.17, 15) is 5.11 Å². The van der Waals surface area contributed by atoms with Gasteiger partial charge in [0.25, 0.3) is 0 Å². The van der Waals surface area contributed by atoms with Crippen molar-refractivity contribution in [3.8, 4) is 0 Å². The van der Waals surface area contributed by atoms with E-state index < -0.39 is 5.60 Å². The van der Waals surface area contributed by atoms with Gasteiger partial charge in [0.1, 0.15) is 0 Å². The average molecular weight is 186 g/mol. The molecule has 3 atom stereocenters. The highest BCUT2D eigenvalue weighted by atomic mass is 16.3. The molecule has 1 heterocycles. The molecule has 3 nitrogen and oxygen atoms in total. The van der Waals surface area contributed by atoms with Crippen molar-refractivity contribution in [2.24, 2.45) is 0 Å². The van der Waals surface area contributed by atoms with Gasteiger partial charge in [-0.15, -0.1) is 0 Å². The van der Waals surface area contributed by atoms with Gasteiger partial charge in [-0.2, -0.15) is 0 Å². The summed E-state index contributed by atoms with van der Waals surface area (Å²) in [7, 11) is 2.07. The lowest BCUT2D eigenvalue weighted by Crippen LogP contribution is -2.50. The minimum atomic E-state index is -0.538. The fraction of sp³-hybridized carbons (Fsp3) is 1.00. The molecular formula is C10H22N2O. The molecule has 0 bridgehead atoms. The second-order valence-electron chi connectivity index (χ2n) is 4.35. The molecule has 1 fully saturated rings. The Morgan fingerprint density at radius 1 is 1.69 bits per heavy atom. The van der Waals surface area contributed by atoms with Crippen LogP contribution in [0.4, 0.5) is 0 Å². The summed E-state index contributed by atoms with van der Waals surface area (Å²) < 4.78 is 0. The van der Waals surface area contributed by atoms with Crippen LogP contribution in [0.3, 0.4) is 0 Å². The van der Waals surface area contributed by atoms with E-state index in [2.05, 4.69) is 38.0 Å². The molecular weight excluding hydrogens is 164 g/mol. The zero-order valence-corrected chi connectivity index (χ0v) is 9.17. The molecule has 1 aliphatic rings. The Bertz CT molecular complexity index is 162. The lowest BCUT2D eigenvalue weighted by Gasteiger charge is -2.30. The zero-order valence-electron chi connectivity index (χ0n) is 9.17. The van der Waals surface area contributed by atoms with E-state index >= 15 is 0 Å². The van der Waals surface area contributed by atoms with Crippen LogP contribution in [0.2, 0.25) is 0 Å². The van der Waals surface area contributed by atoms with Crippen molar-refractivity contribution in [1.29, 1.82) is 0 Å². The molecule has 1 rings (SSSR count). The van der Waals surface area contributed by atoms with Crippen molar-refractivity contribution in [3.05, 3.63) is 0 Å². The summed E-state index contributed by atoms with van der Waals surface area (Å²) in [6.07, 6.45) is 0.873. The van der Waals surface area contributed by atoms with Crippen LogP contribution in [0, 0.1) is 0 Å². The van der Waals surface area contributed by atoms with Crippen molar-refractivity contribution in [2.75, 3.05) is 20.1 Å². The molecule has 0 amide bonds. The van der Waals surface area contributed by atoms with Gasteiger partial charge < -0.3 is 15.3 Å². The maximum absolute atomic E-state index is 10.3. The van der Waals surface area contributed by atoms with E-state index in [1.807, 2.05) is 0 Å². The second-order valence-corrected chi connectivity index (χ2v) is 4.35. The van der Waals surface area contributed by atoms with Crippen molar-refractivity contribution in [1.82, 2.24) is 10.2 Å². The summed E-state index contributed by atoms with van der Waals surface area (Å²) in [5, 5.41) is 13.6. The van der Waals surface area contributed by atoms with Gasteiger partial charge in [0.2, 0.25) is 0 Å². The van der Waals surface area contributed by atoms with Gasteiger partial charge in [-0.3, -0.25) is 0 Å². The highest BCUT2D eigenvalue weighted by Crippen LogP contribution is 2.28. The van der Waals surface area contributed by atoms with Gasteiger partial charge in [0, 0.05) is 18.6 Å². The van der Waals surface area contributed by atoms with E-state index in [0.717, 1.165) is 19.5 Å². The summed E-state index contributed by atoms with van der Waals surface area (Å²) in [4.78, 5) is 2.22. The predicted molar refractivity (Wildman–Crippen MR) is 54.8 cm³/mol. The summed E-state index contributed by atoms with van der Waals surface area (Å²) in [5.74, 6) is 0. The minimum absolute atomic E-state index is 0.185. The van der Waals surface area contributed by atoms with Gasteiger partial charge in [0.15, 0.2) is 0 Å². The van der Waals surface area contributed by atoms with Gasteiger partial charge in [0.05, 0.1) is 5.60 Å². The van der Waals surface area contributed by atoms with Crippen LogP contribution in [-0.2, 0) is 0 Å². The van der Waals surface area contributed by atoms with Crippen molar-refractivity contribution in [3.63, 3.8) is 0 Å². The quantitative estimate of drug-likeness (QED) is 0.671. The van der Waals surface area contributed by atoms with Crippen LogP contribution in [0.25, 0.3) is 0 Å². The Hall–Kier alpha value is -0.120. The average Bonchev–Trinajstić information content (AvgIpc) is 2.28. The first-order valence-corrected chi connectivity index (χ1v) is 5.15. The van der Waals surface area contributed by atoms with Crippen LogP contribution in [0.1, 0.15) is 27.2 Å². The zero-order chi connectivity index (χ0) is 10.1. The van der Waals surface area contributed by atoms with Gasteiger partial charge >= 0.3 is 0 Å². The van der Waals surface area contributed by atoms with Crippen LogP contribution < -0.4 is 5.32 Å². The van der Waals surface area contributed by atoms with E-state index in [-0.39, 0.29) is 6.04 Å². The summed E-state index contributed by atoms with van der Waals surface area (Å²) >= 11 is 0. The fourth-order valence-electron chi connectivity index (χ4n) is 2.13. The molecule has 0 aromatic carbocycles. The minimum Gasteiger partial charge on any atom is -0.387 e. The molecule has 0 aromatic rings. The normalized spacial score (nSPS) is 38.1. The first-order chi connectivity index (χ1) is 5.99. The van der Waals surface area contributed by atoms with E-state index in [1.54, 1.807) is 0 Å². The Balaban J connectivity index is 2.57. The molecule has 0 spiro atoms. The van der Waals surface area contributed by atoms with Crippen LogP contribution in [0.15, 0.2) is 0 Å². The third-order valence-electron chi connectivity index (χ3n) is 3.24. The number of nitrogens with one attached hydrogen (secondary N) is 1.